The molecule has 0 bridgehead atoms. The molecule has 1 saturated heterocycles. The average molecular weight is 306 g/mol. The summed E-state index contributed by atoms with van der Waals surface area (Å²) in [4.78, 5) is 14.5. The number of amides is 1. The van der Waals surface area contributed by atoms with Gasteiger partial charge in [-0.2, -0.15) is 0 Å². The van der Waals surface area contributed by atoms with Crippen molar-refractivity contribution in [1.29, 1.82) is 0 Å². The van der Waals surface area contributed by atoms with Crippen molar-refractivity contribution in [2.45, 2.75) is 59.0 Å². The minimum absolute atomic E-state index is 0. The van der Waals surface area contributed by atoms with E-state index in [4.69, 9.17) is 0 Å². The molecule has 0 aromatic rings. The van der Waals surface area contributed by atoms with Crippen molar-refractivity contribution < 1.29 is 4.79 Å². The smallest absolute Gasteiger partial charge is 0.237 e. The lowest BCUT2D eigenvalue weighted by molar-refractivity contribution is -0.123. The van der Waals surface area contributed by atoms with Crippen molar-refractivity contribution in [3.05, 3.63) is 0 Å². The Labute approximate surface area is 130 Å². The predicted molar refractivity (Wildman–Crippen MR) is 87.4 cm³/mol. The number of carbonyl (C=O) groups is 1. The second-order valence-electron chi connectivity index (χ2n) is 5.90. The topological polar surface area (TPSA) is 44.4 Å². The van der Waals surface area contributed by atoms with Crippen molar-refractivity contribution in [2.24, 2.45) is 5.92 Å². The van der Waals surface area contributed by atoms with Gasteiger partial charge in [0.1, 0.15) is 0 Å². The zero-order chi connectivity index (χ0) is 14.3. The van der Waals surface area contributed by atoms with Crippen molar-refractivity contribution in [3.8, 4) is 0 Å². The molecule has 0 aliphatic carbocycles. The van der Waals surface area contributed by atoms with E-state index in [-0.39, 0.29) is 24.4 Å². The molecule has 0 aromatic carbocycles. The summed E-state index contributed by atoms with van der Waals surface area (Å²) in [5.74, 6) is 0.838. The number of likely N-dealkylation sites (N-methyl/N-ethyl adjacent to an activating group) is 1. The molecule has 0 radical (unpaired) electrons. The van der Waals surface area contributed by atoms with E-state index < -0.39 is 0 Å². The molecule has 1 aliphatic rings. The molecule has 1 heterocycles. The molecule has 4 nitrogen and oxygen atoms in total. The lowest BCUT2D eigenvalue weighted by Gasteiger charge is -2.31. The van der Waals surface area contributed by atoms with Crippen LogP contribution in [0.2, 0.25) is 0 Å². The highest BCUT2D eigenvalue weighted by atomic mass is 35.5. The first-order valence-corrected chi connectivity index (χ1v) is 7.83. The quantitative estimate of drug-likeness (QED) is 0.721. The van der Waals surface area contributed by atoms with Gasteiger partial charge in [0.25, 0.3) is 0 Å². The number of nitrogens with zero attached hydrogens (tertiary/aromatic N) is 1. The normalized spacial score (nSPS) is 20.0. The summed E-state index contributed by atoms with van der Waals surface area (Å²) in [5, 5.41) is 6.39. The summed E-state index contributed by atoms with van der Waals surface area (Å²) < 4.78 is 0. The molecule has 2 N–H and O–H groups in total. The maximum atomic E-state index is 12.0. The third kappa shape index (κ3) is 6.42. The fourth-order valence-electron chi connectivity index (χ4n) is 2.90. The van der Waals surface area contributed by atoms with E-state index in [2.05, 4.69) is 43.2 Å². The van der Waals surface area contributed by atoms with Gasteiger partial charge in [0, 0.05) is 12.6 Å². The Balaban J connectivity index is 0.00000361. The van der Waals surface area contributed by atoms with Crippen LogP contribution in [-0.2, 0) is 4.79 Å². The van der Waals surface area contributed by atoms with Crippen molar-refractivity contribution in [2.75, 3.05) is 26.2 Å². The standard InChI is InChI=1S/C15H31N3O.ClH/c1-5-18(6-2)13(10-12(3)4)11-17-15(19)14-8-7-9-16-14;/h12-14,16H,5-11H2,1-4H3,(H,17,19);1H/t13?,14-;/m0./s1. The van der Waals surface area contributed by atoms with Crippen LogP contribution in [0.25, 0.3) is 0 Å². The van der Waals surface area contributed by atoms with Crippen molar-refractivity contribution >= 4 is 18.3 Å². The SMILES string of the molecule is CCN(CC)C(CNC(=O)[C@@H]1CCCN1)CC(C)C.Cl. The van der Waals surface area contributed by atoms with Gasteiger partial charge < -0.3 is 10.6 Å². The summed E-state index contributed by atoms with van der Waals surface area (Å²) in [6.07, 6.45) is 3.23. The van der Waals surface area contributed by atoms with Gasteiger partial charge in [0.2, 0.25) is 5.91 Å². The maximum absolute atomic E-state index is 12.0. The van der Waals surface area contributed by atoms with Crippen LogP contribution < -0.4 is 10.6 Å². The van der Waals surface area contributed by atoms with Crippen molar-refractivity contribution in [3.63, 3.8) is 0 Å². The predicted octanol–water partition coefficient (Wildman–Crippen LogP) is 2.03. The van der Waals surface area contributed by atoms with Gasteiger partial charge in [0.15, 0.2) is 0 Å². The highest BCUT2D eigenvalue weighted by Crippen LogP contribution is 2.11. The molecule has 1 fully saturated rings. The van der Waals surface area contributed by atoms with E-state index >= 15 is 0 Å². The Kier molecular flexibility index (Phi) is 10.2. The largest absolute Gasteiger partial charge is 0.353 e. The van der Waals surface area contributed by atoms with Crippen LogP contribution in [0, 0.1) is 5.92 Å². The fraction of sp³-hybridized carbons (Fsp3) is 0.933. The molecule has 1 unspecified atom stereocenters. The maximum Gasteiger partial charge on any atom is 0.237 e. The van der Waals surface area contributed by atoms with Gasteiger partial charge in [-0.3, -0.25) is 9.69 Å². The van der Waals surface area contributed by atoms with Gasteiger partial charge in [-0.15, -0.1) is 12.4 Å². The molecule has 0 spiro atoms. The Morgan fingerprint density at radius 1 is 1.35 bits per heavy atom. The first kappa shape index (κ1) is 19.7. The average Bonchev–Trinajstić information content (AvgIpc) is 2.90. The number of hydrogen-bond donors (Lipinski definition) is 2. The summed E-state index contributed by atoms with van der Waals surface area (Å²) in [7, 11) is 0. The third-order valence-electron chi connectivity index (χ3n) is 3.96. The monoisotopic (exact) mass is 305 g/mol. The van der Waals surface area contributed by atoms with Crippen LogP contribution >= 0.6 is 12.4 Å². The second kappa shape index (κ2) is 10.4. The van der Waals surface area contributed by atoms with Gasteiger partial charge in [-0.1, -0.05) is 27.7 Å². The zero-order valence-electron chi connectivity index (χ0n) is 13.4. The Hall–Kier alpha value is -0.320. The van der Waals surface area contributed by atoms with Gasteiger partial charge in [-0.05, 0) is 44.8 Å². The Morgan fingerprint density at radius 2 is 2.00 bits per heavy atom. The molecule has 5 heteroatoms. The molecule has 1 rings (SSSR count). The lowest BCUT2D eigenvalue weighted by Crippen LogP contribution is -2.48. The molecule has 2 atom stereocenters. The van der Waals surface area contributed by atoms with E-state index in [1.807, 2.05) is 0 Å². The van der Waals surface area contributed by atoms with Crippen LogP contribution in [0.5, 0.6) is 0 Å². The summed E-state index contributed by atoms with van der Waals surface area (Å²) in [5.41, 5.74) is 0. The summed E-state index contributed by atoms with van der Waals surface area (Å²) in [6.45, 7) is 12.7. The minimum atomic E-state index is 0. The number of hydrogen-bond acceptors (Lipinski definition) is 3. The van der Waals surface area contributed by atoms with E-state index in [0.717, 1.165) is 45.4 Å². The highest BCUT2D eigenvalue weighted by Gasteiger charge is 2.24. The molecule has 1 amide bonds. The molecular weight excluding hydrogens is 274 g/mol. The van der Waals surface area contributed by atoms with Gasteiger partial charge in [-0.25, -0.2) is 0 Å². The highest BCUT2D eigenvalue weighted by molar-refractivity contribution is 5.85. The molecular formula is C15H32ClN3O. The lowest BCUT2D eigenvalue weighted by atomic mass is 10.0. The molecule has 120 valence electrons. The molecule has 0 aromatic heterocycles. The fourth-order valence-corrected chi connectivity index (χ4v) is 2.90. The second-order valence-corrected chi connectivity index (χ2v) is 5.90. The Bertz CT molecular complexity index is 264. The van der Waals surface area contributed by atoms with Crippen LogP contribution in [0.3, 0.4) is 0 Å². The first-order chi connectivity index (χ1) is 9.08. The molecule has 1 aliphatic heterocycles. The third-order valence-corrected chi connectivity index (χ3v) is 3.96. The zero-order valence-corrected chi connectivity index (χ0v) is 14.3. The Morgan fingerprint density at radius 3 is 2.45 bits per heavy atom. The molecule has 20 heavy (non-hydrogen) atoms. The van der Waals surface area contributed by atoms with E-state index in [1.54, 1.807) is 0 Å². The van der Waals surface area contributed by atoms with Crippen LogP contribution in [0.1, 0.15) is 47.0 Å². The van der Waals surface area contributed by atoms with E-state index in [0.29, 0.717) is 12.0 Å². The number of halogens is 1. The minimum Gasteiger partial charge on any atom is -0.353 e. The first-order valence-electron chi connectivity index (χ1n) is 7.83. The van der Waals surface area contributed by atoms with Crippen molar-refractivity contribution in [1.82, 2.24) is 15.5 Å². The number of nitrogens with one attached hydrogen (secondary N) is 2. The summed E-state index contributed by atoms with van der Waals surface area (Å²) >= 11 is 0. The number of carbonyl (C=O) groups excluding carboxylic acids is 1. The van der Waals surface area contributed by atoms with Gasteiger partial charge >= 0.3 is 0 Å². The molecule has 0 saturated carbocycles. The number of rotatable bonds is 8. The summed E-state index contributed by atoms with van der Waals surface area (Å²) in [6, 6.07) is 0.497. The van der Waals surface area contributed by atoms with Gasteiger partial charge in [0.05, 0.1) is 6.04 Å². The van der Waals surface area contributed by atoms with Crippen LogP contribution in [0.15, 0.2) is 0 Å². The van der Waals surface area contributed by atoms with E-state index in [9.17, 15) is 4.79 Å². The van der Waals surface area contributed by atoms with Crippen LogP contribution in [-0.4, -0.2) is 49.1 Å². The van der Waals surface area contributed by atoms with E-state index in [1.165, 1.54) is 0 Å². The van der Waals surface area contributed by atoms with Crippen LogP contribution in [0.4, 0.5) is 0 Å².